The van der Waals surface area contributed by atoms with E-state index in [1.54, 1.807) is 11.0 Å². The highest BCUT2D eigenvalue weighted by Gasteiger charge is 2.54. The molecule has 23 heavy (non-hydrogen) atoms. The summed E-state index contributed by atoms with van der Waals surface area (Å²) in [5.41, 5.74) is 5.42. The number of nitrogens with two attached hydrogens (primary N) is 1. The van der Waals surface area contributed by atoms with Crippen LogP contribution in [0.25, 0.3) is 0 Å². The van der Waals surface area contributed by atoms with E-state index in [9.17, 15) is 4.79 Å². The number of rotatable bonds is 2. The summed E-state index contributed by atoms with van der Waals surface area (Å²) in [7, 11) is 1.83. The summed E-state index contributed by atoms with van der Waals surface area (Å²) in [6, 6.07) is 3.94. The van der Waals surface area contributed by atoms with Crippen molar-refractivity contribution in [2.75, 3.05) is 30.8 Å². The molecule has 2 N–H and O–H groups in total. The first-order chi connectivity index (χ1) is 10.7. The lowest BCUT2D eigenvalue weighted by atomic mass is 9.60. The lowest BCUT2D eigenvalue weighted by molar-refractivity contribution is -0.0293. The van der Waals surface area contributed by atoms with Crippen molar-refractivity contribution in [2.45, 2.75) is 45.3 Å². The van der Waals surface area contributed by atoms with Crippen LogP contribution in [-0.4, -0.2) is 53.0 Å². The molecule has 1 aromatic heterocycles. The van der Waals surface area contributed by atoms with Gasteiger partial charge < -0.3 is 20.3 Å². The SMILES string of the molecule is CN(C(=O)OC(C)(C)C)C1CC2(C1)CN(c1ccc(N)nn1)C2. The van der Waals surface area contributed by atoms with Crippen LogP contribution in [-0.2, 0) is 4.74 Å². The van der Waals surface area contributed by atoms with Gasteiger partial charge in [-0.15, -0.1) is 10.2 Å². The number of carbonyl (C=O) groups is 1. The zero-order valence-electron chi connectivity index (χ0n) is 14.2. The molecule has 2 fully saturated rings. The molecule has 3 rings (SSSR count). The second-order valence-corrected chi connectivity index (χ2v) is 7.83. The largest absolute Gasteiger partial charge is 0.444 e. The van der Waals surface area contributed by atoms with Gasteiger partial charge in [-0.1, -0.05) is 0 Å². The van der Waals surface area contributed by atoms with E-state index < -0.39 is 5.60 Å². The van der Waals surface area contributed by atoms with Crippen molar-refractivity contribution in [3.05, 3.63) is 12.1 Å². The number of aromatic nitrogens is 2. The lowest BCUT2D eigenvalue weighted by Crippen LogP contribution is -2.67. The van der Waals surface area contributed by atoms with Gasteiger partial charge in [-0.2, -0.15) is 0 Å². The predicted octanol–water partition coefficient (Wildman–Crippen LogP) is 1.89. The summed E-state index contributed by atoms with van der Waals surface area (Å²) in [5.74, 6) is 1.31. The van der Waals surface area contributed by atoms with E-state index in [1.807, 2.05) is 33.9 Å². The van der Waals surface area contributed by atoms with Gasteiger partial charge in [0.05, 0.1) is 0 Å². The van der Waals surface area contributed by atoms with Gasteiger partial charge in [-0.05, 0) is 45.7 Å². The number of hydrogen-bond donors (Lipinski definition) is 1. The molecule has 7 heteroatoms. The van der Waals surface area contributed by atoms with Crippen LogP contribution in [0, 0.1) is 5.41 Å². The molecule has 1 saturated heterocycles. The third-order valence-corrected chi connectivity index (χ3v) is 4.61. The molecule has 1 spiro atoms. The summed E-state index contributed by atoms with van der Waals surface area (Å²) in [6.07, 6.45) is 1.79. The average Bonchev–Trinajstić information content (AvgIpc) is 2.35. The molecule has 1 saturated carbocycles. The molecule has 1 amide bonds. The summed E-state index contributed by atoms with van der Waals surface area (Å²) < 4.78 is 5.42. The van der Waals surface area contributed by atoms with E-state index >= 15 is 0 Å². The van der Waals surface area contributed by atoms with E-state index in [1.165, 1.54) is 0 Å². The van der Waals surface area contributed by atoms with Gasteiger partial charge in [0.25, 0.3) is 0 Å². The lowest BCUT2D eigenvalue weighted by Gasteiger charge is -2.60. The zero-order chi connectivity index (χ0) is 16.8. The summed E-state index contributed by atoms with van der Waals surface area (Å²) in [6.45, 7) is 7.59. The quantitative estimate of drug-likeness (QED) is 0.896. The summed E-state index contributed by atoms with van der Waals surface area (Å²) in [5, 5.41) is 8.00. The Balaban J connectivity index is 1.48. The Hall–Kier alpha value is -2.05. The van der Waals surface area contributed by atoms with E-state index in [4.69, 9.17) is 10.5 Å². The maximum absolute atomic E-state index is 12.1. The van der Waals surface area contributed by atoms with Crippen LogP contribution in [0.15, 0.2) is 12.1 Å². The van der Waals surface area contributed by atoms with Gasteiger partial charge in [0.15, 0.2) is 5.82 Å². The Kier molecular flexibility index (Phi) is 3.61. The van der Waals surface area contributed by atoms with Crippen LogP contribution < -0.4 is 10.6 Å². The second-order valence-electron chi connectivity index (χ2n) is 7.83. The molecular formula is C16H25N5O2. The van der Waals surface area contributed by atoms with E-state index in [0.29, 0.717) is 11.2 Å². The molecule has 2 aliphatic rings. The minimum Gasteiger partial charge on any atom is -0.444 e. The third kappa shape index (κ3) is 3.18. The number of nitrogens with zero attached hydrogens (tertiary/aromatic N) is 4. The number of anilines is 2. The molecule has 7 nitrogen and oxygen atoms in total. The van der Waals surface area contributed by atoms with Gasteiger partial charge >= 0.3 is 6.09 Å². The highest BCUT2D eigenvalue weighted by Crippen LogP contribution is 2.50. The fraction of sp³-hybridized carbons (Fsp3) is 0.688. The Morgan fingerprint density at radius 2 is 2.00 bits per heavy atom. The smallest absolute Gasteiger partial charge is 0.410 e. The Labute approximate surface area is 136 Å². The maximum Gasteiger partial charge on any atom is 0.410 e. The second kappa shape index (κ2) is 5.25. The number of nitrogen functional groups attached to an aromatic ring is 1. The fourth-order valence-electron chi connectivity index (χ4n) is 3.38. The van der Waals surface area contributed by atoms with E-state index in [2.05, 4.69) is 15.1 Å². The van der Waals surface area contributed by atoms with Crippen molar-refractivity contribution in [3.63, 3.8) is 0 Å². The molecule has 0 unspecified atom stereocenters. The zero-order valence-corrected chi connectivity index (χ0v) is 14.2. The first-order valence-corrected chi connectivity index (χ1v) is 7.97. The van der Waals surface area contributed by atoms with Crippen molar-refractivity contribution < 1.29 is 9.53 Å². The Morgan fingerprint density at radius 1 is 1.35 bits per heavy atom. The van der Waals surface area contributed by atoms with Gasteiger partial charge in [0.2, 0.25) is 0 Å². The monoisotopic (exact) mass is 319 g/mol. The first kappa shape index (κ1) is 15.8. The van der Waals surface area contributed by atoms with Gasteiger partial charge in [0.1, 0.15) is 11.4 Å². The van der Waals surface area contributed by atoms with Gasteiger partial charge in [-0.25, -0.2) is 4.79 Å². The molecule has 1 aromatic rings. The summed E-state index contributed by atoms with van der Waals surface area (Å²) in [4.78, 5) is 16.0. The standard InChI is InChI=1S/C16H25N5O2/c1-15(2,3)23-14(22)20(4)11-7-16(8-11)9-21(10-16)13-6-5-12(17)18-19-13/h5-6,11H,7-10H2,1-4H3,(H2,17,18). The van der Waals surface area contributed by atoms with Crippen molar-refractivity contribution in [3.8, 4) is 0 Å². The van der Waals surface area contributed by atoms with Crippen LogP contribution in [0.5, 0.6) is 0 Å². The van der Waals surface area contributed by atoms with E-state index in [0.717, 1.165) is 31.7 Å². The van der Waals surface area contributed by atoms with Crippen molar-refractivity contribution >= 4 is 17.7 Å². The highest BCUT2D eigenvalue weighted by atomic mass is 16.6. The molecule has 0 radical (unpaired) electrons. The minimum absolute atomic E-state index is 0.238. The van der Waals surface area contributed by atoms with Crippen LogP contribution in [0.4, 0.5) is 16.4 Å². The van der Waals surface area contributed by atoms with Gasteiger partial charge in [0, 0.05) is 31.6 Å². The Bertz CT molecular complexity index is 581. The number of ether oxygens (including phenoxy) is 1. The normalized spacial score (nSPS) is 19.9. The third-order valence-electron chi connectivity index (χ3n) is 4.61. The molecule has 1 aliphatic heterocycles. The number of amides is 1. The molecule has 0 bridgehead atoms. The predicted molar refractivity (Wildman–Crippen MR) is 88.1 cm³/mol. The van der Waals surface area contributed by atoms with Crippen molar-refractivity contribution in [1.82, 2.24) is 15.1 Å². The molecule has 2 heterocycles. The topological polar surface area (TPSA) is 84.6 Å². The molecule has 1 aliphatic carbocycles. The molecule has 0 aromatic carbocycles. The number of carbonyl (C=O) groups excluding carboxylic acids is 1. The maximum atomic E-state index is 12.1. The molecule has 0 atom stereocenters. The minimum atomic E-state index is -0.451. The van der Waals surface area contributed by atoms with Gasteiger partial charge in [-0.3, -0.25) is 0 Å². The summed E-state index contributed by atoms with van der Waals surface area (Å²) >= 11 is 0. The Morgan fingerprint density at radius 3 is 2.52 bits per heavy atom. The molecular weight excluding hydrogens is 294 g/mol. The van der Waals surface area contributed by atoms with Crippen molar-refractivity contribution in [1.29, 1.82) is 0 Å². The van der Waals surface area contributed by atoms with Crippen LogP contribution in [0.2, 0.25) is 0 Å². The number of hydrogen-bond acceptors (Lipinski definition) is 6. The van der Waals surface area contributed by atoms with E-state index in [-0.39, 0.29) is 12.1 Å². The van der Waals surface area contributed by atoms with Crippen LogP contribution >= 0.6 is 0 Å². The first-order valence-electron chi connectivity index (χ1n) is 7.97. The highest BCUT2D eigenvalue weighted by molar-refractivity contribution is 5.68. The van der Waals surface area contributed by atoms with Crippen molar-refractivity contribution in [2.24, 2.45) is 5.41 Å². The average molecular weight is 319 g/mol. The molecule has 126 valence electrons. The van der Waals surface area contributed by atoms with Crippen LogP contribution in [0.3, 0.4) is 0 Å². The fourth-order valence-corrected chi connectivity index (χ4v) is 3.38. The van der Waals surface area contributed by atoms with Crippen LogP contribution in [0.1, 0.15) is 33.6 Å².